The molecule has 2 aromatic heterocycles. The van der Waals surface area contributed by atoms with Crippen LogP contribution in [0.2, 0.25) is 0 Å². The molecule has 0 spiro atoms. The van der Waals surface area contributed by atoms with Crippen molar-refractivity contribution in [1.82, 2.24) is 19.3 Å². The van der Waals surface area contributed by atoms with E-state index in [9.17, 15) is 19.2 Å². The van der Waals surface area contributed by atoms with Crippen LogP contribution >= 0.6 is 11.3 Å². The van der Waals surface area contributed by atoms with Gasteiger partial charge in [0.05, 0.1) is 0 Å². The number of carbonyl (C=O) groups excluding carboxylic acids is 3. The van der Waals surface area contributed by atoms with E-state index in [1.54, 1.807) is 12.1 Å². The molecular weight excluding hydrogens is 440 g/mol. The number of urea groups is 1. The van der Waals surface area contributed by atoms with Gasteiger partial charge in [0.25, 0.3) is 5.56 Å². The summed E-state index contributed by atoms with van der Waals surface area (Å²) in [5, 5.41) is 1.97. The average Bonchev–Trinajstić information content (AvgIpc) is 3.20. The van der Waals surface area contributed by atoms with Gasteiger partial charge in [-0.1, -0.05) is 6.07 Å². The van der Waals surface area contributed by atoms with Crippen LogP contribution in [0.5, 0.6) is 0 Å². The van der Waals surface area contributed by atoms with Crippen molar-refractivity contribution >= 4 is 29.2 Å². The second kappa shape index (κ2) is 7.92. The van der Waals surface area contributed by atoms with Crippen molar-refractivity contribution in [2.45, 2.75) is 32.2 Å². The highest BCUT2D eigenvalue weighted by Crippen LogP contribution is 2.40. The molecule has 33 heavy (non-hydrogen) atoms. The monoisotopic (exact) mass is 468 g/mol. The Kier molecular flexibility index (Phi) is 5.29. The van der Waals surface area contributed by atoms with Crippen molar-refractivity contribution in [2.24, 2.45) is 11.3 Å². The van der Waals surface area contributed by atoms with Gasteiger partial charge >= 0.3 is 6.03 Å². The number of pyridine rings is 1. The summed E-state index contributed by atoms with van der Waals surface area (Å²) >= 11 is 1.54. The van der Waals surface area contributed by atoms with Crippen molar-refractivity contribution in [1.29, 1.82) is 0 Å². The number of thiophene rings is 1. The van der Waals surface area contributed by atoms with Crippen LogP contribution in [0, 0.1) is 18.3 Å². The van der Waals surface area contributed by atoms with Gasteiger partial charge in [-0.2, -0.15) is 0 Å². The van der Waals surface area contributed by atoms with Crippen molar-refractivity contribution in [3.05, 3.63) is 56.1 Å². The summed E-state index contributed by atoms with van der Waals surface area (Å²) in [5.41, 5.74) is 0.748. The Labute approximate surface area is 196 Å². The number of rotatable bonds is 4. The zero-order valence-corrected chi connectivity index (χ0v) is 19.9. The second-order valence-electron chi connectivity index (χ2n) is 9.69. The van der Waals surface area contributed by atoms with Gasteiger partial charge in [0, 0.05) is 69.3 Å². The van der Waals surface area contributed by atoms with Gasteiger partial charge in [-0.25, -0.2) is 4.79 Å². The molecule has 2 fully saturated rings. The Bertz CT molecular complexity index is 1180. The van der Waals surface area contributed by atoms with Crippen LogP contribution in [0.3, 0.4) is 0 Å². The van der Waals surface area contributed by atoms with E-state index in [4.69, 9.17) is 0 Å². The predicted molar refractivity (Wildman–Crippen MR) is 124 cm³/mol. The first-order valence-corrected chi connectivity index (χ1v) is 12.1. The summed E-state index contributed by atoms with van der Waals surface area (Å²) in [5.74, 6) is -0.410. The molecule has 2 bridgehead atoms. The molecule has 8 nitrogen and oxygen atoms in total. The number of amides is 4. The number of hydrogen-bond acceptors (Lipinski definition) is 6. The Morgan fingerprint density at radius 2 is 1.73 bits per heavy atom. The molecular formula is C24H28N4O4S. The summed E-state index contributed by atoms with van der Waals surface area (Å²) < 4.78 is 1.87. The number of nitrogens with zero attached hydrogens (tertiary/aromatic N) is 4. The zero-order valence-electron chi connectivity index (χ0n) is 19.1. The van der Waals surface area contributed by atoms with Gasteiger partial charge in [0.15, 0.2) is 0 Å². The van der Waals surface area contributed by atoms with Crippen LogP contribution < -0.4 is 5.56 Å². The van der Waals surface area contributed by atoms with Gasteiger partial charge in [-0.05, 0) is 42.3 Å². The standard InChI is InChI=1S/C24H28N4O4S/c1-15-7-8-33-19(15)10-24(21(30)25(2)23(32)26(3)22(24)31)14-27-11-16-9-17(13-27)18-5-4-6-20(29)28(18)12-16/h4-8,16-17H,9-14H2,1-3H3/t16-,17+/m1/s1. The number of aromatic nitrogens is 1. The fourth-order valence-corrected chi connectivity index (χ4v) is 6.86. The largest absolute Gasteiger partial charge is 0.332 e. The lowest BCUT2D eigenvalue weighted by Gasteiger charge is -2.48. The van der Waals surface area contributed by atoms with Crippen LogP contribution in [-0.2, 0) is 22.6 Å². The highest BCUT2D eigenvalue weighted by Gasteiger charge is 2.57. The van der Waals surface area contributed by atoms with E-state index in [0.717, 1.165) is 32.4 Å². The number of hydrogen-bond donors (Lipinski definition) is 0. The van der Waals surface area contributed by atoms with E-state index in [-0.39, 0.29) is 30.4 Å². The third kappa shape index (κ3) is 3.45. The minimum Gasteiger partial charge on any atom is -0.312 e. The fraction of sp³-hybridized carbons (Fsp3) is 0.500. The van der Waals surface area contributed by atoms with Gasteiger partial charge in [0.2, 0.25) is 11.8 Å². The summed E-state index contributed by atoms with van der Waals surface area (Å²) in [6.45, 7) is 4.28. The molecule has 2 aromatic rings. The lowest BCUT2D eigenvalue weighted by atomic mass is 9.76. The molecule has 2 saturated heterocycles. The zero-order chi connectivity index (χ0) is 23.5. The fourth-order valence-electron chi connectivity index (χ4n) is 5.84. The topological polar surface area (TPSA) is 82.9 Å². The highest BCUT2D eigenvalue weighted by atomic mass is 32.1. The van der Waals surface area contributed by atoms with Gasteiger partial charge in [-0.15, -0.1) is 11.3 Å². The summed E-state index contributed by atoms with van der Waals surface area (Å²) in [6, 6.07) is 6.81. The summed E-state index contributed by atoms with van der Waals surface area (Å²) in [4.78, 5) is 57.4. The third-order valence-electron chi connectivity index (χ3n) is 7.48. The number of piperidine rings is 1. The summed E-state index contributed by atoms with van der Waals surface area (Å²) in [6.07, 6.45) is 1.27. The molecule has 4 amide bonds. The average molecular weight is 469 g/mol. The maximum Gasteiger partial charge on any atom is 0.332 e. The lowest BCUT2D eigenvalue weighted by molar-refractivity contribution is -0.159. The van der Waals surface area contributed by atoms with E-state index in [1.807, 2.05) is 29.0 Å². The van der Waals surface area contributed by atoms with Crippen LogP contribution in [0.4, 0.5) is 4.79 Å². The molecule has 5 heterocycles. The minimum absolute atomic E-state index is 0.0275. The molecule has 0 aromatic carbocycles. The molecule has 0 radical (unpaired) electrons. The number of barbiturate groups is 1. The van der Waals surface area contributed by atoms with Crippen LogP contribution in [-0.4, -0.2) is 70.8 Å². The smallest absolute Gasteiger partial charge is 0.312 e. The number of aryl methyl sites for hydroxylation is 1. The normalized spacial score (nSPS) is 24.9. The number of likely N-dealkylation sites (tertiary alicyclic amines) is 1. The van der Waals surface area contributed by atoms with Crippen molar-refractivity contribution in [3.8, 4) is 0 Å². The molecule has 2 atom stereocenters. The first kappa shape index (κ1) is 22.0. The second-order valence-corrected chi connectivity index (χ2v) is 10.7. The van der Waals surface area contributed by atoms with Crippen molar-refractivity contribution in [2.75, 3.05) is 33.7 Å². The molecule has 0 saturated carbocycles. The maximum atomic E-state index is 13.6. The van der Waals surface area contributed by atoms with Crippen molar-refractivity contribution in [3.63, 3.8) is 0 Å². The van der Waals surface area contributed by atoms with E-state index in [0.29, 0.717) is 19.6 Å². The lowest BCUT2D eigenvalue weighted by Crippen LogP contribution is -2.67. The molecule has 9 heteroatoms. The van der Waals surface area contributed by atoms with Gasteiger partial charge < -0.3 is 9.47 Å². The van der Waals surface area contributed by atoms with E-state index in [1.165, 1.54) is 25.4 Å². The van der Waals surface area contributed by atoms with E-state index >= 15 is 0 Å². The minimum atomic E-state index is -1.35. The van der Waals surface area contributed by atoms with Crippen molar-refractivity contribution < 1.29 is 14.4 Å². The van der Waals surface area contributed by atoms with Gasteiger partial charge in [-0.3, -0.25) is 24.2 Å². The first-order chi connectivity index (χ1) is 15.7. The van der Waals surface area contributed by atoms with Crippen LogP contribution in [0.15, 0.2) is 34.4 Å². The Morgan fingerprint density at radius 1 is 1.00 bits per heavy atom. The number of carbonyl (C=O) groups is 3. The van der Waals surface area contributed by atoms with E-state index in [2.05, 4.69) is 4.90 Å². The number of imide groups is 2. The van der Waals surface area contributed by atoms with Crippen LogP contribution in [0.1, 0.15) is 28.5 Å². The van der Waals surface area contributed by atoms with Crippen LogP contribution in [0.25, 0.3) is 0 Å². The molecule has 3 aliphatic heterocycles. The molecule has 0 aliphatic carbocycles. The molecule has 5 rings (SSSR count). The Balaban J connectivity index is 1.50. The Morgan fingerprint density at radius 3 is 2.39 bits per heavy atom. The van der Waals surface area contributed by atoms with Gasteiger partial charge in [0.1, 0.15) is 5.41 Å². The predicted octanol–water partition coefficient (Wildman–Crippen LogP) is 1.92. The quantitative estimate of drug-likeness (QED) is 0.641. The third-order valence-corrected chi connectivity index (χ3v) is 8.50. The Hall–Kier alpha value is -2.78. The molecule has 0 unspecified atom stereocenters. The SMILES string of the molecule is Cc1ccsc1CC1(CN2C[C@H]3C[C@@H](C2)c2cccc(=O)n2C3)C(=O)N(C)C(=O)N(C)C1=O. The highest BCUT2D eigenvalue weighted by molar-refractivity contribution is 7.10. The first-order valence-electron chi connectivity index (χ1n) is 11.3. The molecule has 3 aliphatic rings. The molecule has 0 N–H and O–H groups in total. The van der Waals surface area contributed by atoms with E-state index < -0.39 is 23.3 Å². The maximum absolute atomic E-state index is 13.6. The molecule has 174 valence electrons. The number of fused-ring (bicyclic) bond motifs is 4. The summed E-state index contributed by atoms with van der Waals surface area (Å²) in [7, 11) is 2.91.